The lowest BCUT2D eigenvalue weighted by Gasteiger charge is -2.05. The number of hydrogen-bond acceptors (Lipinski definition) is 4. The average Bonchev–Trinajstić information content (AvgIpc) is 2.29. The molecule has 18 heavy (non-hydrogen) atoms. The number of sulfonamides is 1. The second kappa shape index (κ2) is 7.85. The number of primary sulfonamides is 1. The van der Waals surface area contributed by atoms with Crippen molar-refractivity contribution in [2.45, 2.75) is 6.61 Å². The predicted octanol–water partition coefficient (Wildman–Crippen LogP) is 1.27. The minimum atomic E-state index is -3.43. The van der Waals surface area contributed by atoms with Gasteiger partial charge in [0, 0.05) is 4.47 Å². The zero-order chi connectivity index (χ0) is 13.4. The predicted molar refractivity (Wildman–Crippen MR) is 72.6 cm³/mol. The van der Waals surface area contributed by atoms with E-state index in [0.717, 1.165) is 10.0 Å². The van der Waals surface area contributed by atoms with Crippen LogP contribution in [0.5, 0.6) is 0 Å². The topological polar surface area (TPSA) is 78.6 Å². The van der Waals surface area contributed by atoms with Crippen LogP contribution in [-0.4, -0.2) is 34.0 Å². The molecule has 0 radical (unpaired) electrons. The van der Waals surface area contributed by atoms with Gasteiger partial charge in [-0.15, -0.1) is 0 Å². The van der Waals surface area contributed by atoms with Crippen molar-refractivity contribution in [2.24, 2.45) is 5.14 Å². The number of ether oxygens (including phenoxy) is 2. The minimum absolute atomic E-state index is 0.0977. The quantitative estimate of drug-likeness (QED) is 0.724. The first-order valence-corrected chi connectivity index (χ1v) is 7.88. The minimum Gasteiger partial charge on any atom is -0.378 e. The number of benzene rings is 1. The van der Waals surface area contributed by atoms with Gasteiger partial charge < -0.3 is 9.47 Å². The van der Waals surface area contributed by atoms with E-state index in [9.17, 15) is 8.42 Å². The number of halogens is 1. The van der Waals surface area contributed by atoms with Crippen LogP contribution in [0.15, 0.2) is 28.7 Å². The first kappa shape index (κ1) is 15.6. The summed E-state index contributed by atoms with van der Waals surface area (Å²) < 4.78 is 32.7. The van der Waals surface area contributed by atoms with Crippen molar-refractivity contribution in [1.82, 2.24) is 0 Å². The summed E-state index contributed by atoms with van der Waals surface area (Å²) in [7, 11) is -3.43. The molecule has 1 aromatic carbocycles. The molecule has 0 aliphatic carbocycles. The molecule has 102 valence electrons. The number of nitrogens with two attached hydrogens (primary N) is 1. The fourth-order valence-electron chi connectivity index (χ4n) is 1.17. The van der Waals surface area contributed by atoms with Crippen molar-refractivity contribution >= 4 is 26.0 Å². The number of rotatable bonds is 8. The highest BCUT2D eigenvalue weighted by atomic mass is 79.9. The highest BCUT2D eigenvalue weighted by Gasteiger charge is 2.01. The van der Waals surface area contributed by atoms with Gasteiger partial charge in [0.15, 0.2) is 0 Å². The van der Waals surface area contributed by atoms with Crippen LogP contribution in [0.25, 0.3) is 0 Å². The fraction of sp³-hybridized carbons (Fsp3) is 0.455. The summed E-state index contributed by atoms with van der Waals surface area (Å²) in [4.78, 5) is 0. The second-order valence-corrected chi connectivity index (χ2v) is 6.31. The zero-order valence-corrected chi connectivity index (χ0v) is 12.2. The lowest BCUT2D eigenvalue weighted by Crippen LogP contribution is -2.21. The van der Waals surface area contributed by atoms with Crippen LogP contribution in [0.3, 0.4) is 0 Å². The van der Waals surface area contributed by atoms with E-state index in [4.69, 9.17) is 14.6 Å². The van der Waals surface area contributed by atoms with Gasteiger partial charge in [-0.25, -0.2) is 13.6 Å². The lowest BCUT2D eigenvalue weighted by molar-refractivity contribution is 0.0459. The molecular formula is C11H16BrNO4S. The molecule has 2 N–H and O–H groups in total. The van der Waals surface area contributed by atoms with Gasteiger partial charge >= 0.3 is 0 Å². The molecule has 0 heterocycles. The van der Waals surface area contributed by atoms with Gasteiger partial charge in [-0.05, 0) is 17.7 Å². The average molecular weight is 338 g/mol. The molecule has 0 amide bonds. The molecule has 7 heteroatoms. The maximum atomic E-state index is 10.6. The molecule has 0 aromatic heterocycles. The summed E-state index contributed by atoms with van der Waals surface area (Å²) in [5.74, 6) is -0.167. The third kappa shape index (κ3) is 7.78. The molecule has 1 rings (SSSR count). The van der Waals surface area contributed by atoms with Gasteiger partial charge in [0.05, 0.1) is 32.2 Å². The molecule has 0 atom stereocenters. The summed E-state index contributed by atoms with van der Waals surface area (Å²) in [5.41, 5.74) is 1.07. The maximum Gasteiger partial charge on any atom is 0.211 e. The molecule has 0 aliphatic rings. The molecular weight excluding hydrogens is 322 g/mol. The summed E-state index contributed by atoms with van der Waals surface area (Å²) >= 11 is 3.35. The summed E-state index contributed by atoms with van der Waals surface area (Å²) in [6.45, 7) is 1.37. The lowest BCUT2D eigenvalue weighted by atomic mass is 10.2. The first-order chi connectivity index (χ1) is 8.47. The van der Waals surface area contributed by atoms with Crippen molar-refractivity contribution in [3.63, 3.8) is 0 Å². The van der Waals surface area contributed by atoms with Crippen molar-refractivity contribution in [3.8, 4) is 0 Å². The van der Waals surface area contributed by atoms with Crippen LogP contribution < -0.4 is 5.14 Å². The summed E-state index contributed by atoms with van der Waals surface area (Å²) in [6.07, 6.45) is 0. The normalized spacial score (nSPS) is 11.7. The monoisotopic (exact) mass is 337 g/mol. The van der Waals surface area contributed by atoms with Crippen molar-refractivity contribution < 1.29 is 17.9 Å². The van der Waals surface area contributed by atoms with Gasteiger partial charge in [0.2, 0.25) is 10.0 Å². The Morgan fingerprint density at radius 1 is 1.06 bits per heavy atom. The highest BCUT2D eigenvalue weighted by Crippen LogP contribution is 2.10. The summed E-state index contributed by atoms with van der Waals surface area (Å²) in [6, 6.07) is 7.82. The molecule has 0 fully saturated rings. The molecule has 5 nitrogen and oxygen atoms in total. The Bertz CT molecular complexity index is 447. The van der Waals surface area contributed by atoms with E-state index < -0.39 is 10.0 Å². The van der Waals surface area contributed by atoms with E-state index >= 15 is 0 Å². The SMILES string of the molecule is NS(=O)(=O)CCOCCOCc1ccc(Br)cc1. The van der Waals surface area contributed by atoms with Gasteiger partial charge in [-0.2, -0.15) is 0 Å². The van der Waals surface area contributed by atoms with Crippen LogP contribution in [0.2, 0.25) is 0 Å². The second-order valence-electron chi connectivity index (χ2n) is 3.66. The van der Waals surface area contributed by atoms with Crippen molar-refractivity contribution in [2.75, 3.05) is 25.6 Å². The van der Waals surface area contributed by atoms with Gasteiger partial charge in [-0.1, -0.05) is 28.1 Å². The Kier molecular flexibility index (Phi) is 6.80. The Hall–Kier alpha value is -0.470. The number of hydrogen-bond donors (Lipinski definition) is 1. The highest BCUT2D eigenvalue weighted by molar-refractivity contribution is 9.10. The standard InChI is InChI=1S/C11H16BrNO4S/c12-11-3-1-10(2-4-11)9-17-6-5-16-7-8-18(13,14)15/h1-4H,5-9H2,(H2,13,14,15). The zero-order valence-electron chi connectivity index (χ0n) is 9.84. The Labute approximate surface area is 115 Å². The molecule has 0 unspecified atom stereocenters. The van der Waals surface area contributed by atoms with E-state index in [1.165, 1.54) is 0 Å². The molecule has 1 aromatic rings. The molecule has 0 saturated carbocycles. The van der Waals surface area contributed by atoms with E-state index in [1.54, 1.807) is 0 Å². The molecule has 0 aliphatic heterocycles. The Morgan fingerprint density at radius 2 is 1.67 bits per heavy atom. The van der Waals surface area contributed by atoms with Gasteiger partial charge in [0.1, 0.15) is 0 Å². The van der Waals surface area contributed by atoms with Crippen molar-refractivity contribution in [1.29, 1.82) is 0 Å². The molecule has 0 saturated heterocycles. The van der Waals surface area contributed by atoms with Gasteiger partial charge in [-0.3, -0.25) is 0 Å². The smallest absolute Gasteiger partial charge is 0.211 e. The Balaban J connectivity index is 2.04. The van der Waals surface area contributed by atoms with Crippen molar-refractivity contribution in [3.05, 3.63) is 34.3 Å². The van der Waals surface area contributed by atoms with E-state index in [1.807, 2.05) is 24.3 Å². The van der Waals surface area contributed by atoms with Crippen LogP contribution in [0, 0.1) is 0 Å². The fourth-order valence-corrected chi connectivity index (χ4v) is 1.78. The van der Waals surface area contributed by atoms with E-state index in [-0.39, 0.29) is 12.4 Å². The molecule has 0 bridgehead atoms. The van der Waals surface area contributed by atoms with Crippen LogP contribution in [0.4, 0.5) is 0 Å². The van der Waals surface area contributed by atoms with E-state index in [2.05, 4.69) is 15.9 Å². The largest absolute Gasteiger partial charge is 0.378 e. The Morgan fingerprint density at radius 3 is 2.28 bits per heavy atom. The van der Waals surface area contributed by atoms with E-state index in [0.29, 0.717) is 19.8 Å². The first-order valence-electron chi connectivity index (χ1n) is 5.38. The summed E-state index contributed by atoms with van der Waals surface area (Å²) in [5, 5.41) is 4.82. The van der Waals surface area contributed by atoms with Crippen LogP contribution >= 0.6 is 15.9 Å². The maximum absolute atomic E-state index is 10.6. The third-order valence-corrected chi connectivity index (χ3v) is 3.33. The third-order valence-electron chi connectivity index (χ3n) is 2.07. The van der Waals surface area contributed by atoms with Crippen LogP contribution in [-0.2, 0) is 26.1 Å². The van der Waals surface area contributed by atoms with Crippen LogP contribution in [0.1, 0.15) is 5.56 Å². The molecule has 0 spiro atoms. The van der Waals surface area contributed by atoms with Gasteiger partial charge in [0.25, 0.3) is 0 Å².